The molecule has 0 radical (unpaired) electrons. The van der Waals surface area contributed by atoms with E-state index in [0.717, 1.165) is 16.7 Å². The topological polar surface area (TPSA) is 21.3 Å². The van der Waals surface area contributed by atoms with Gasteiger partial charge in [-0.1, -0.05) is 43.4 Å². The second kappa shape index (κ2) is 7.90. The Morgan fingerprint density at radius 1 is 1.20 bits per heavy atom. The molecule has 0 saturated heterocycles. The van der Waals surface area contributed by atoms with E-state index in [2.05, 4.69) is 12.2 Å². The number of nitrogens with one attached hydrogen (secondary N) is 1. The second-order valence-corrected chi connectivity index (χ2v) is 6.28. The number of hydrogen-bond acceptors (Lipinski definition) is 2. The highest BCUT2D eigenvalue weighted by atomic mass is 35.5. The predicted molar refractivity (Wildman–Crippen MR) is 85.6 cm³/mol. The van der Waals surface area contributed by atoms with Crippen molar-refractivity contribution in [2.24, 2.45) is 5.92 Å². The van der Waals surface area contributed by atoms with Gasteiger partial charge in [0.15, 0.2) is 0 Å². The van der Waals surface area contributed by atoms with Crippen LogP contribution in [0.1, 0.15) is 45.4 Å². The van der Waals surface area contributed by atoms with Crippen molar-refractivity contribution in [1.29, 1.82) is 0 Å². The van der Waals surface area contributed by atoms with Crippen LogP contribution in [0.5, 0.6) is 5.75 Å². The maximum absolute atomic E-state index is 6.10. The molecule has 112 valence electrons. The average Bonchev–Trinajstić information content (AvgIpc) is 2.69. The summed E-state index contributed by atoms with van der Waals surface area (Å²) in [5, 5.41) is 4.20. The van der Waals surface area contributed by atoms with Crippen molar-refractivity contribution in [3.8, 4) is 5.75 Å². The first-order valence-corrected chi connectivity index (χ1v) is 8.18. The van der Waals surface area contributed by atoms with Crippen molar-refractivity contribution < 1.29 is 4.74 Å². The maximum Gasteiger partial charge on any atom is 0.121 e. The summed E-state index contributed by atoms with van der Waals surface area (Å²) < 4.78 is 6.10. The van der Waals surface area contributed by atoms with Crippen LogP contribution in [0.25, 0.3) is 0 Å². The molecule has 2 rings (SSSR count). The highest BCUT2D eigenvalue weighted by molar-refractivity contribution is 6.30. The summed E-state index contributed by atoms with van der Waals surface area (Å²) >= 11 is 6.02. The Kier molecular flexibility index (Phi) is 6.18. The zero-order valence-electron chi connectivity index (χ0n) is 12.6. The van der Waals surface area contributed by atoms with Gasteiger partial charge in [0, 0.05) is 11.1 Å². The molecule has 0 heterocycles. The van der Waals surface area contributed by atoms with E-state index in [4.69, 9.17) is 16.3 Å². The Labute approximate surface area is 127 Å². The van der Waals surface area contributed by atoms with Gasteiger partial charge in [0.25, 0.3) is 0 Å². The van der Waals surface area contributed by atoms with Crippen LogP contribution < -0.4 is 10.1 Å². The van der Waals surface area contributed by atoms with E-state index >= 15 is 0 Å². The van der Waals surface area contributed by atoms with Gasteiger partial charge in [0.1, 0.15) is 11.9 Å². The van der Waals surface area contributed by atoms with Crippen molar-refractivity contribution in [1.82, 2.24) is 5.32 Å². The molecule has 1 aliphatic carbocycles. The van der Waals surface area contributed by atoms with E-state index < -0.39 is 0 Å². The standard InChI is InChI=1S/C17H26ClNO/c1-13(20-16-11-7-10-15(18)12-16)17(19-2)14-8-5-3-4-6-9-14/h7,10-14,17,19H,3-6,8-9H2,1-2H3. The minimum Gasteiger partial charge on any atom is -0.489 e. The minimum absolute atomic E-state index is 0.154. The van der Waals surface area contributed by atoms with Crippen LogP contribution in [-0.2, 0) is 0 Å². The SMILES string of the molecule is CNC(C1CCCCCC1)C(C)Oc1cccc(Cl)c1. The molecule has 0 amide bonds. The van der Waals surface area contributed by atoms with Gasteiger partial charge in [-0.2, -0.15) is 0 Å². The third kappa shape index (κ3) is 4.39. The Bertz CT molecular complexity index is 402. The summed E-state index contributed by atoms with van der Waals surface area (Å²) in [6.45, 7) is 2.16. The molecule has 1 fully saturated rings. The van der Waals surface area contributed by atoms with Gasteiger partial charge in [-0.05, 0) is 50.9 Å². The number of benzene rings is 1. The molecule has 2 nitrogen and oxygen atoms in total. The lowest BCUT2D eigenvalue weighted by molar-refractivity contribution is 0.132. The number of likely N-dealkylation sites (N-methyl/N-ethyl adjacent to an activating group) is 1. The van der Waals surface area contributed by atoms with Gasteiger partial charge >= 0.3 is 0 Å². The number of hydrogen-bond donors (Lipinski definition) is 1. The highest BCUT2D eigenvalue weighted by Gasteiger charge is 2.27. The average molecular weight is 296 g/mol. The van der Waals surface area contributed by atoms with E-state index in [-0.39, 0.29) is 6.10 Å². The van der Waals surface area contributed by atoms with Crippen LogP contribution in [-0.4, -0.2) is 19.2 Å². The summed E-state index contributed by atoms with van der Waals surface area (Å²) in [6, 6.07) is 8.08. The molecule has 0 aromatic heterocycles. The molecule has 2 atom stereocenters. The first kappa shape index (κ1) is 15.7. The summed E-state index contributed by atoms with van der Waals surface area (Å²) in [7, 11) is 2.05. The monoisotopic (exact) mass is 295 g/mol. The fourth-order valence-corrected chi connectivity index (χ4v) is 3.53. The predicted octanol–water partition coefficient (Wildman–Crippen LogP) is 4.67. The quantitative estimate of drug-likeness (QED) is 0.797. The van der Waals surface area contributed by atoms with Gasteiger partial charge in [-0.25, -0.2) is 0 Å². The number of ether oxygens (including phenoxy) is 1. The van der Waals surface area contributed by atoms with Gasteiger partial charge in [0.05, 0.1) is 0 Å². The van der Waals surface area contributed by atoms with Crippen LogP contribution in [0.15, 0.2) is 24.3 Å². The van der Waals surface area contributed by atoms with Gasteiger partial charge in [-0.3, -0.25) is 0 Å². The van der Waals surface area contributed by atoms with Crippen LogP contribution in [0.2, 0.25) is 5.02 Å². The van der Waals surface area contributed by atoms with Crippen LogP contribution in [0.4, 0.5) is 0 Å². The lowest BCUT2D eigenvalue weighted by atomic mass is 9.89. The molecule has 3 heteroatoms. The van der Waals surface area contributed by atoms with Gasteiger partial charge in [-0.15, -0.1) is 0 Å². The van der Waals surface area contributed by atoms with E-state index in [1.165, 1.54) is 38.5 Å². The largest absolute Gasteiger partial charge is 0.489 e. The Morgan fingerprint density at radius 2 is 1.90 bits per heavy atom. The van der Waals surface area contributed by atoms with Crippen LogP contribution >= 0.6 is 11.6 Å². The molecule has 0 bridgehead atoms. The van der Waals surface area contributed by atoms with Crippen molar-refractivity contribution in [3.05, 3.63) is 29.3 Å². The molecule has 2 unspecified atom stereocenters. The van der Waals surface area contributed by atoms with Crippen molar-refractivity contribution >= 4 is 11.6 Å². The fourth-order valence-electron chi connectivity index (χ4n) is 3.35. The number of rotatable bonds is 5. The Morgan fingerprint density at radius 3 is 2.50 bits per heavy atom. The van der Waals surface area contributed by atoms with Gasteiger partial charge in [0.2, 0.25) is 0 Å². The lowest BCUT2D eigenvalue weighted by Crippen LogP contribution is -2.45. The Balaban J connectivity index is 1.98. The van der Waals surface area contributed by atoms with Crippen molar-refractivity contribution in [2.45, 2.75) is 57.6 Å². The first-order valence-electron chi connectivity index (χ1n) is 7.80. The molecule has 1 saturated carbocycles. The third-order valence-electron chi connectivity index (χ3n) is 4.36. The second-order valence-electron chi connectivity index (χ2n) is 5.85. The molecule has 20 heavy (non-hydrogen) atoms. The molecule has 1 aromatic carbocycles. The molecule has 0 spiro atoms. The summed E-state index contributed by atoms with van der Waals surface area (Å²) in [5.74, 6) is 1.58. The summed E-state index contributed by atoms with van der Waals surface area (Å²) in [6.07, 6.45) is 8.26. The van der Waals surface area contributed by atoms with E-state index in [0.29, 0.717) is 6.04 Å². The van der Waals surface area contributed by atoms with Gasteiger partial charge < -0.3 is 10.1 Å². The molecular weight excluding hydrogens is 270 g/mol. The minimum atomic E-state index is 0.154. The first-order chi connectivity index (χ1) is 9.70. The maximum atomic E-state index is 6.10. The summed E-state index contributed by atoms with van der Waals surface area (Å²) in [5.41, 5.74) is 0. The molecule has 0 aliphatic heterocycles. The Hall–Kier alpha value is -0.730. The van der Waals surface area contributed by atoms with Crippen molar-refractivity contribution in [2.75, 3.05) is 7.05 Å². The highest BCUT2D eigenvalue weighted by Crippen LogP contribution is 2.28. The van der Waals surface area contributed by atoms with Crippen LogP contribution in [0.3, 0.4) is 0 Å². The normalized spacial score (nSPS) is 20.1. The molecule has 1 N–H and O–H groups in total. The summed E-state index contributed by atoms with van der Waals surface area (Å²) in [4.78, 5) is 0. The van der Waals surface area contributed by atoms with Crippen molar-refractivity contribution in [3.63, 3.8) is 0 Å². The fraction of sp³-hybridized carbons (Fsp3) is 0.647. The molecular formula is C17H26ClNO. The smallest absolute Gasteiger partial charge is 0.121 e. The third-order valence-corrected chi connectivity index (χ3v) is 4.60. The van der Waals surface area contributed by atoms with E-state index in [9.17, 15) is 0 Å². The number of halogens is 1. The molecule has 1 aliphatic rings. The van der Waals surface area contributed by atoms with E-state index in [1.807, 2.05) is 31.3 Å². The zero-order valence-corrected chi connectivity index (χ0v) is 13.3. The zero-order chi connectivity index (χ0) is 14.4. The molecule has 1 aromatic rings. The van der Waals surface area contributed by atoms with E-state index in [1.54, 1.807) is 0 Å². The van der Waals surface area contributed by atoms with Crippen LogP contribution in [0, 0.1) is 5.92 Å². The lowest BCUT2D eigenvalue weighted by Gasteiger charge is -2.31.